The first-order valence-corrected chi connectivity index (χ1v) is 6.81. The number of thiophene rings is 1. The molecule has 100 valence electrons. The molecule has 0 aliphatic carbocycles. The van der Waals surface area contributed by atoms with Gasteiger partial charge < -0.3 is 10.4 Å². The fourth-order valence-corrected chi connectivity index (χ4v) is 2.38. The SMILES string of the molecule is O=C(Cc1ccccc1F)NCC(O)c1ccsc1. The second-order valence-electron chi connectivity index (χ2n) is 4.14. The summed E-state index contributed by atoms with van der Waals surface area (Å²) in [5, 5.41) is 16.1. The predicted octanol–water partition coefficient (Wildman–Crippen LogP) is 2.28. The van der Waals surface area contributed by atoms with Gasteiger partial charge in [-0.25, -0.2) is 4.39 Å². The lowest BCUT2D eigenvalue weighted by Crippen LogP contribution is -2.29. The summed E-state index contributed by atoms with van der Waals surface area (Å²) < 4.78 is 13.3. The lowest BCUT2D eigenvalue weighted by atomic mass is 10.1. The second kappa shape index (κ2) is 6.45. The van der Waals surface area contributed by atoms with E-state index in [1.54, 1.807) is 24.3 Å². The van der Waals surface area contributed by atoms with Gasteiger partial charge in [0.05, 0.1) is 12.5 Å². The monoisotopic (exact) mass is 279 g/mol. The summed E-state index contributed by atoms with van der Waals surface area (Å²) in [5.74, 6) is -0.699. The van der Waals surface area contributed by atoms with Crippen LogP contribution >= 0.6 is 11.3 Å². The van der Waals surface area contributed by atoms with Crippen molar-refractivity contribution in [2.75, 3.05) is 6.54 Å². The lowest BCUT2D eigenvalue weighted by Gasteiger charge is -2.10. The minimum Gasteiger partial charge on any atom is -0.387 e. The van der Waals surface area contributed by atoms with Crippen LogP contribution in [0.15, 0.2) is 41.1 Å². The molecule has 0 saturated carbocycles. The average Bonchev–Trinajstić information content (AvgIpc) is 2.93. The smallest absolute Gasteiger partial charge is 0.224 e. The molecule has 1 amide bonds. The third-order valence-corrected chi connectivity index (χ3v) is 3.43. The van der Waals surface area contributed by atoms with Gasteiger partial charge in [0.25, 0.3) is 0 Å². The van der Waals surface area contributed by atoms with Crippen LogP contribution in [0.5, 0.6) is 0 Å². The molecular formula is C14H14FNO2S. The van der Waals surface area contributed by atoms with Gasteiger partial charge in [-0.05, 0) is 34.0 Å². The third-order valence-electron chi connectivity index (χ3n) is 2.73. The fraction of sp³-hybridized carbons (Fsp3) is 0.214. The Labute approximate surface area is 114 Å². The number of hydrogen-bond acceptors (Lipinski definition) is 3. The van der Waals surface area contributed by atoms with Gasteiger partial charge in [-0.15, -0.1) is 0 Å². The molecule has 0 aliphatic rings. The van der Waals surface area contributed by atoms with E-state index < -0.39 is 11.9 Å². The fourth-order valence-electron chi connectivity index (χ4n) is 1.67. The topological polar surface area (TPSA) is 49.3 Å². The average molecular weight is 279 g/mol. The Morgan fingerprint density at radius 3 is 2.84 bits per heavy atom. The van der Waals surface area contributed by atoms with E-state index in [-0.39, 0.29) is 18.9 Å². The van der Waals surface area contributed by atoms with E-state index in [1.165, 1.54) is 17.4 Å². The van der Waals surface area contributed by atoms with Crippen molar-refractivity contribution in [3.63, 3.8) is 0 Å². The minimum absolute atomic E-state index is 0.0248. The maximum atomic E-state index is 13.3. The molecule has 0 spiro atoms. The number of benzene rings is 1. The summed E-state index contributed by atoms with van der Waals surface area (Å²) in [6, 6.07) is 7.97. The van der Waals surface area contributed by atoms with Crippen molar-refractivity contribution in [3.05, 3.63) is 58.0 Å². The Hall–Kier alpha value is -1.72. The number of aliphatic hydroxyl groups is 1. The molecule has 0 aliphatic heterocycles. The summed E-state index contributed by atoms with van der Waals surface area (Å²) in [6.45, 7) is 0.129. The van der Waals surface area contributed by atoms with E-state index in [0.717, 1.165) is 5.56 Å². The Bertz CT molecular complexity index is 542. The van der Waals surface area contributed by atoms with Gasteiger partial charge in [0.2, 0.25) is 5.91 Å². The number of carbonyl (C=O) groups is 1. The first kappa shape index (κ1) is 13.7. The zero-order valence-electron chi connectivity index (χ0n) is 10.2. The van der Waals surface area contributed by atoms with Crippen molar-refractivity contribution in [3.8, 4) is 0 Å². The van der Waals surface area contributed by atoms with Gasteiger partial charge in [-0.2, -0.15) is 11.3 Å². The molecule has 1 unspecified atom stereocenters. The van der Waals surface area contributed by atoms with E-state index in [1.807, 2.05) is 10.8 Å². The summed E-state index contributed by atoms with van der Waals surface area (Å²) >= 11 is 1.48. The number of halogens is 1. The van der Waals surface area contributed by atoms with Crippen molar-refractivity contribution < 1.29 is 14.3 Å². The number of hydrogen-bond donors (Lipinski definition) is 2. The molecule has 1 aromatic heterocycles. The Balaban J connectivity index is 1.84. The Morgan fingerprint density at radius 1 is 1.37 bits per heavy atom. The molecule has 5 heteroatoms. The van der Waals surface area contributed by atoms with Gasteiger partial charge in [0.1, 0.15) is 5.82 Å². The molecule has 1 heterocycles. The van der Waals surface area contributed by atoms with E-state index in [9.17, 15) is 14.3 Å². The lowest BCUT2D eigenvalue weighted by molar-refractivity contribution is -0.120. The standard InChI is InChI=1S/C14H14FNO2S/c15-12-4-2-1-3-10(12)7-14(18)16-8-13(17)11-5-6-19-9-11/h1-6,9,13,17H,7-8H2,(H,16,18). The molecule has 0 saturated heterocycles. The van der Waals surface area contributed by atoms with Gasteiger partial charge in [0.15, 0.2) is 0 Å². The number of nitrogens with one attached hydrogen (secondary N) is 1. The summed E-state index contributed by atoms with van der Waals surface area (Å²) in [6.07, 6.45) is -0.751. The molecule has 0 radical (unpaired) electrons. The van der Waals surface area contributed by atoms with Crippen LogP contribution in [0.25, 0.3) is 0 Å². The van der Waals surface area contributed by atoms with Gasteiger partial charge >= 0.3 is 0 Å². The van der Waals surface area contributed by atoms with Crippen molar-refractivity contribution in [1.29, 1.82) is 0 Å². The zero-order valence-corrected chi connectivity index (χ0v) is 11.0. The van der Waals surface area contributed by atoms with Crippen molar-refractivity contribution >= 4 is 17.2 Å². The molecule has 19 heavy (non-hydrogen) atoms. The van der Waals surface area contributed by atoms with Gasteiger partial charge in [-0.1, -0.05) is 18.2 Å². The van der Waals surface area contributed by atoms with Crippen LogP contribution in [0.3, 0.4) is 0 Å². The first-order valence-electron chi connectivity index (χ1n) is 5.87. The Kier molecular flexibility index (Phi) is 4.65. The van der Waals surface area contributed by atoms with Crippen molar-refractivity contribution in [2.24, 2.45) is 0 Å². The van der Waals surface area contributed by atoms with E-state index in [4.69, 9.17) is 0 Å². The van der Waals surface area contributed by atoms with Crippen LogP contribution in [0, 0.1) is 5.82 Å². The maximum absolute atomic E-state index is 13.3. The normalized spacial score (nSPS) is 12.1. The van der Waals surface area contributed by atoms with Crippen LogP contribution in [0.4, 0.5) is 4.39 Å². The molecule has 0 bridgehead atoms. The molecule has 1 aromatic carbocycles. The minimum atomic E-state index is -0.726. The number of carbonyl (C=O) groups excluding carboxylic acids is 1. The summed E-state index contributed by atoms with van der Waals surface area (Å²) in [5.41, 5.74) is 1.13. The van der Waals surface area contributed by atoms with Crippen molar-refractivity contribution in [2.45, 2.75) is 12.5 Å². The van der Waals surface area contributed by atoms with Crippen LogP contribution in [-0.2, 0) is 11.2 Å². The van der Waals surface area contributed by atoms with Gasteiger partial charge in [-0.3, -0.25) is 4.79 Å². The highest BCUT2D eigenvalue weighted by Crippen LogP contribution is 2.15. The zero-order chi connectivity index (χ0) is 13.7. The van der Waals surface area contributed by atoms with Crippen LogP contribution in [0.1, 0.15) is 17.2 Å². The van der Waals surface area contributed by atoms with Crippen LogP contribution in [0.2, 0.25) is 0 Å². The molecule has 3 nitrogen and oxygen atoms in total. The largest absolute Gasteiger partial charge is 0.387 e. The third kappa shape index (κ3) is 3.87. The van der Waals surface area contributed by atoms with Gasteiger partial charge in [0, 0.05) is 6.54 Å². The Morgan fingerprint density at radius 2 is 2.16 bits per heavy atom. The number of rotatable bonds is 5. The first-order chi connectivity index (χ1) is 9.16. The molecule has 2 N–H and O–H groups in total. The maximum Gasteiger partial charge on any atom is 0.224 e. The van der Waals surface area contributed by atoms with E-state index in [2.05, 4.69) is 5.32 Å². The predicted molar refractivity (Wildman–Crippen MR) is 72.4 cm³/mol. The summed E-state index contributed by atoms with van der Waals surface area (Å²) in [4.78, 5) is 11.7. The second-order valence-corrected chi connectivity index (χ2v) is 4.92. The molecule has 2 rings (SSSR count). The molecule has 1 atom stereocenters. The highest BCUT2D eigenvalue weighted by Gasteiger charge is 2.11. The number of aliphatic hydroxyl groups excluding tert-OH is 1. The number of amides is 1. The molecule has 2 aromatic rings. The van der Waals surface area contributed by atoms with Crippen molar-refractivity contribution in [1.82, 2.24) is 5.32 Å². The highest BCUT2D eigenvalue weighted by molar-refractivity contribution is 7.07. The summed E-state index contributed by atoms with van der Waals surface area (Å²) in [7, 11) is 0. The quantitative estimate of drug-likeness (QED) is 0.882. The van der Waals surface area contributed by atoms with E-state index in [0.29, 0.717) is 5.56 Å². The molecule has 0 fully saturated rings. The van der Waals surface area contributed by atoms with E-state index >= 15 is 0 Å². The highest BCUT2D eigenvalue weighted by atomic mass is 32.1. The van der Waals surface area contributed by atoms with Crippen LogP contribution in [-0.4, -0.2) is 17.6 Å². The van der Waals surface area contributed by atoms with Crippen LogP contribution < -0.4 is 5.32 Å². The molecular weight excluding hydrogens is 265 g/mol.